The smallest absolute Gasteiger partial charge is 0.290 e. The van der Waals surface area contributed by atoms with Gasteiger partial charge in [0.1, 0.15) is 6.54 Å². The minimum atomic E-state index is -0.504. The highest BCUT2D eigenvalue weighted by molar-refractivity contribution is 6.23. The Bertz CT molecular complexity index is 1180. The van der Waals surface area contributed by atoms with E-state index < -0.39 is 6.04 Å². The lowest BCUT2D eigenvalue weighted by Gasteiger charge is -2.39. The number of carbonyl (C=O) groups excluding carboxylic acids is 2. The second-order valence-corrected chi connectivity index (χ2v) is 10.8. The molecule has 8 heteroatoms. The van der Waals surface area contributed by atoms with E-state index in [1.165, 1.54) is 22.4 Å². The van der Waals surface area contributed by atoms with Crippen molar-refractivity contribution in [1.82, 2.24) is 19.6 Å². The first-order valence-electron chi connectivity index (χ1n) is 14.3. The van der Waals surface area contributed by atoms with E-state index >= 15 is 0 Å². The summed E-state index contributed by atoms with van der Waals surface area (Å²) >= 11 is 0. The third-order valence-corrected chi connectivity index (χ3v) is 8.23. The number of nitrogens with zero attached hydrogens (tertiary/aromatic N) is 6. The highest BCUT2D eigenvalue weighted by Crippen LogP contribution is 2.29. The van der Waals surface area contributed by atoms with E-state index in [4.69, 9.17) is 4.99 Å². The van der Waals surface area contributed by atoms with Crippen molar-refractivity contribution in [1.29, 1.82) is 0 Å². The van der Waals surface area contributed by atoms with Gasteiger partial charge in [0.15, 0.2) is 0 Å². The molecule has 1 atom stereocenters. The van der Waals surface area contributed by atoms with Crippen molar-refractivity contribution in [3.8, 4) is 0 Å². The number of rotatable bonds is 10. The summed E-state index contributed by atoms with van der Waals surface area (Å²) in [5.41, 5.74) is 2.62. The molecule has 3 aliphatic heterocycles. The summed E-state index contributed by atoms with van der Waals surface area (Å²) in [4.78, 5) is 38.5. The number of imide groups is 1. The first kappa shape index (κ1) is 27.2. The van der Waals surface area contributed by atoms with Gasteiger partial charge in [0.05, 0.1) is 12.6 Å². The minimum Gasteiger partial charge on any atom is -0.290 e. The van der Waals surface area contributed by atoms with Gasteiger partial charge in [0.2, 0.25) is 0 Å². The molecule has 3 heterocycles. The van der Waals surface area contributed by atoms with E-state index in [0.717, 1.165) is 57.8 Å². The fourth-order valence-electron chi connectivity index (χ4n) is 6.01. The Kier molecular flexibility index (Phi) is 8.53. The van der Waals surface area contributed by atoms with Gasteiger partial charge in [-0.05, 0) is 29.0 Å². The molecular weight excluding hydrogens is 488 g/mol. The van der Waals surface area contributed by atoms with Crippen LogP contribution in [-0.4, -0.2) is 107 Å². The number of carbonyl (C=O) groups is 2. The fraction of sp³-hybridized carbons (Fsp3) is 0.484. The first-order chi connectivity index (χ1) is 19.0. The molecule has 8 nitrogen and oxygen atoms in total. The zero-order valence-electron chi connectivity index (χ0n) is 23.5. The second kappa shape index (κ2) is 12.2. The molecule has 2 saturated heterocycles. The molecule has 1 unspecified atom stereocenters. The molecule has 2 fully saturated rings. The Morgan fingerprint density at radius 1 is 0.846 bits per heavy atom. The van der Waals surface area contributed by atoms with Crippen molar-refractivity contribution in [3.05, 3.63) is 71.8 Å². The summed E-state index contributed by atoms with van der Waals surface area (Å²) in [6.07, 6.45) is 4.48. The largest absolute Gasteiger partial charge is 0.333 e. The van der Waals surface area contributed by atoms with Gasteiger partial charge in [-0.2, -0.15) is 0 Å². The lowest BCUT2D eigenvalue weighted by Crippen LogP contribution is -2.61. The molecule has 0 N–H and O–H groups in total. The topological polar surface area (TPSA) is 62.5 Å². The van der Waals surface area contributed by atoms with Crippen molar-refractivity contribution in [2.75, 3.05) is 53.4 Å². The van der Waals surface area contributed by atoms with E-state index in [1.54, 1.807) is 19.0 Å². The van der Waals surface area contributed by atoms with Crippen LogP contribution in [0.2, 0.25) is 0 Å². The molecule has 0 bridgehead atoms. The number of hydrogen-bond acceptors (Lipinski definition) is 5. The summed E-state index contributed by atoms with van der Waals surface area (Å²) in [7, 11) is 3.29. The Balaban J connectivity index is 1.32. The Labute approximate surface area is 232 Å². The third-order valence-electron chi connectivity index (χ3n) is 8.23. The molecule has 2 aromatic carbocycles. The number of piperazine rings is 1. The molecule has 2 aromatic rings. The molecule has 0 radical (unpaired) electrons. The van der Waals surface area contributed by atoms with Crippen molar-refractivity contribution in [3.63, 3.8) is 0 Å². The van der Waals surface area contributed by atoms with E-state index in [9.17, 15) is 9.59 Å². The highest BCUT2D eigenvalue weighted by atomic mass is 16.2. The molecule has 39 heavy (non-hydrogen) atoms. The van der Waals surface area contributed by atoms with Crippen LogP contribution in [0.3, 0.4) is 0 Å². The lowest BCUT2D eigenvalue weighted by atomic mass is 9.96. The summed E-state index contributed by atoms with van der Waals surface area (Å²) in [6.45, 7) is 7.38. The number of hydrogen-bond donors (Lipinski definition) is 0. The molecule has 3 amide bonds. The summed E-state index contributed by atoms with van der Waals surface area (Å²) < 4.78 is 2.16. The average molecular weight is 530 g/mol. The van der Waals surface area contributed by atoms with Crippen LogP contribution in [0, 0.1) is 0 Å². The predicted molar refractivity (Wildman–Crippen MR) is 154 cm³/mol. The quantitative estimate of drug-likeness (QED) is 0.348. The zero-order chi connectivity index (χ0) is 27.4. The van der Waals surface area contributed by atoms with Crippen molar-refractivity contribution in [2.24, 2.45) is 4.99 Å². The van der Waals surface area contributed by atoms with Crippen molar-refractivity contribution >= 4 is 23.6 Å². The van der Waals surface area contributed by atoms with Gasteiger partial charge in [0.25, 0.3) is 17.8 Å². The normalized spacial score (nSPS) is 20.7. The Morgan fingerprint density at radius 3 is 2.05 bits per heavy atom. The van der Waals surface area contributed by atoms with E-state index in [1.807, 2.05) is 0 Å². The molecule has 3 aliphatic rings. The number of fused-ring (bicyclic) bond motifs is 1. The van der Waals surface area contributed by atoms with Crippen LogP contribution in [0.4, 0.5) is 4.79 Å². The summed E-state index contributed by atoms with van der Waals surface area (Å²) in [6, 6.07) is 20.9. The van der Waals surface area contributed by atoms with Crippen LogP contribution in [0.1, 0.15) is 49.8 Å². The standard InChI is InChI=1S/C31H41N6O2/c1-4-5-6-13-18-37-26(32-29-28(37)30(38)34(3)31(39)33(29)2)23-35-19-21-36(22-20-35)27(24-14-9-7-10-15-24)25-16-11-8-12-17-25/h7-12,14-17,27-28H,4-6,13,18-23H2,1-3H3/q+1. The molecular formula is C31H41N6O2+. The average Bonchev–Trinajstić information content (AvgIpc) is 3.33. The van der Waals surface area contributed by atoms with Gasteiger partial charge in [-0.3, -0.25) is 24.4 Å². The van der Waals surface area contributed by atoms with Crippen LogP contribution in [0.5, 0.6) is 0 Å². The van der Waals surface area contributed by atoms with Gasteiger partial charge < -0.3 is 0 Å². The summed E-state index contributed by atoms with van der Waals surface area (Å²) in [5, 5.41) is 0. The first-order valence-corrected chi connectivity index (χ1v) is 14.3. The SMILES string of the molecule is CCCCCC[N+]1=C(CN2CCN(C(c3ccccc3)c3ccccc3)CC2)N=C2C1C(=O)N(C)C(=O)N2C. The maximum atomic E-state index is 13.2. The van der Waals surface area contributed by atoms with Crippen molar-refractivity contribution < 1.29 is 14.2 Å². The Morgan fingerprint density at radius 2 is 1.46 bits per heavy atom. The highest BCUT2D eigenvalue weighted by Gasteiger charge is 2.53. The maximum Gasteiger partial charge on any atom is 0.333 e. The van der Waals surface area contributed by atoms with Crippen LogP contribution >= 0.6 is 0 Å². The monoisotopic (exact) mass is 529 g/mol. The molecule has 0 saturated carbocycles. The minimum absolute atomic E-state index is 0.180. The van der Waals surface area contributed by atoms with E-state index in [2.05, 4.69) is 82.0 Å². The maximum absolute atomic E-state index is 13.2. The van der Waals surface area contributed by atoms with Gasteiger partial charge in [0, 0.05) is 40.3 Å². The number of aliphatic imine (C=N–C) groups is 1. The van der Waals surface area contributed by atoms with E-state index in [-0.39, 0.29) is 18.0 Å². The van der Waals surface area contributed by atoms with Gasteiger partial charge >= 0.3 is 11.9 Å². The van der Waals surface area contributed by atoms with E-state index in [0.29, 0.717) is 12.4 Å². The number of amidine groups is 2. The molecule has 0 aliphatic carbocycles. The predicted octanol–water partition coefficient (Wildman–Crippen LogP) is 3.69. The third kappa shape index (κ3) is 5.68. The molecule has 0 spiro atoms. The number of benzene rings is 2. The zero-order valence-corrected chi connectivity index (χ0v) is 23.5. The van der Waals surface area contributed by atoms with Crippen LogP contribution in [-0.2, 0) is 4.79 Å². The van der Waals surface area contributed by atoms with Gasteiger partial charge in [-0.1, -0.05) is 80.4 Å². The number of urea groups is 1. The number of amides is 3. The number of likely N-dealkylation sites (N-methyl/N-ethyl adjacent to an activating group) is 2. The lowest BCUT2D eigenvalue weighted by molar-refractivity contribution is -0.537. The fourth-order valence-corrected chi connectivity index (χ4v) is 6.01. The second-order valence-electron chi connectivity index (χ2n) is 10.8. The molecule has 5 rings (SSSR count). The van der Waals surface area contributed by atoms with Crippen LogP contribution in [0.25, 0.3) is 0 Å². The molecule has 0 aromatic heterocycles. The van der Waals surface area contributed by atoms with Gasteiger partial charge in [-0.25, -0.2) is 9.37 Å². The van der Waals surface area contributed by atoms with Crippen LogP contribution in [0.15, 0.2) is 65.7 Å². The summed E-state index contributed by atoms with van der Waals surface area (Å²) in [5.74, 6) is 1.30. The van der Waals surface area contributed by atoms with Gasteiger partial charge in [-0.15, -0.1) is 0 Å². The Hall–Kier alpha value is -3.36. The number of unbranched alkanes of at least 4 members (excludes halogenated alkanes) is 3. The van der Waals surface area contributed by atoms with Crippen molar-refractivity contribution in [2.45, 2.75) is 44.7 Å². The molecule has 206 valence electrons. The van der Waals surface area contributed by atoms with Crippen LogP contribution < -0.4 is 0 Å².